The molecular weight excluding hydrogens is 384 g/mol. The van der Waals surface area contributed by atoms with E-state index in [0.717, 1.165) is 28.2 Å². The molecule has 29 heavy (non-hydrogen) atoms. The van der Waals surface area contributed by atoms with Crippen LogP contribution in [0.1, 0.15) is 22.1 Å². The molecule has 0 bridgehead atoms. The number of carbonyl (C=O) groups excluding carboxylic acids is 1. The van der Waals surface area contributed by atoms with Gasteiger partial charge in [-0.25, -0.2) is 4.68 Å². The summed E-state index contributed by atoms with van der Waals surface area (Å²) >= 11 is 6.07. The van der Waals surface area contributed by atoms with Crippen LogP contribution in [0.5, 0.6) is 0 Å². The fraction of sp³-hybridized carbons (Fsp3) is 0.0435. The Morgan fingerprint density at radius 2 is 1.59 bits per heavy atom. The van der Waals surface area contributed by atoms with Crippen LogP contribution in [0.25, 0.3) is 16.9 Å². The molecule has 0 spiro atoms. The Hall–Kier alpha value is -3.57. The van der Waals surface area contributed by atoms with E-state index in [4.69, 9.17) is 16.7 Å². The number of rotatable bonds is 3. The van der Waals surface area contributed by atoms with Crippen LogP contribution in [0, 0.1) is 0 Å². The monoisotopic (exact) mass is 400 g/mol. The highest BCUT2D eigenvalue weighted by Gasteiger charge is 2.28. The van der Waals surface area contributed by atoms with Gasteiger partial charge < -0.3 is 10.6 Å². The molecule has 0 radical (unpaired) electrons. The topological polar surface area (TPSA) is 59.0 Å². The van der Waals surface area contributed by atoms with Gasteiger partial charge in [0.15, 0.2) is 0 Å². The second-order valence-electron chi connectivity index (χ2n) is 6.82. The van der Waals surface area contributed by atoms with Crippen molar-refractivity contribution in [2.75, 3.05) is 5.32 Å². The molecule has 1 aliphatic heterocycles. The lowest BCUT2D eigenvalue weighted by Gasteiger charge is -2.27. The normalized spacial score (nSPS) is 15.3. The van der Waals surface area contributed by atoms with Crippen molar-refractivity contribution < 1.29 is 4.79 Å². The molecule has 0 aliphatic carbocycles. The minimum absolute atomic E-state index is 0.112. The van der Waals surface area contributed by atoms with Gasteiger partial charge in [0.25, 0.3) is 5.91 Å². The van der Waals surface area contributed by atoms with Crippen LogP contribution in [0.2, 0.25) is 5.02 Å². The first kappa shape index (κ1) is 17.5. The standard InChI is InChI=1S/C23H17ClN4O/c24-16-12-10-15(11-13-16)21-19(14-28(27-21)17-6-2-1-3-7-17)22-25-20-9-5-4-8-18(20)23(29)26-22/h1-14,22,25H,(H,26,29)/t22-/m1/s1. The van der Waals surface area contributed by atoms with Crippen molar-refractivity contribution in [2.45, 2.75) is 6.17 Å². The molecule has 3 aromatic carbocycles. The van der Waals surface area contributed by atoms with E-state index in [0.29, 0.717) is 10.6 Å². The highest BCUT2D eigenvalue weighted by atomic mass is 35.5. The van der Waals surface area contributed by atoms with Gasteiger partial charge in [0, 0.05) is 28.0 Å². The Morgan fingerprint density at radius 1 is 0.862 bits per heavy atom. The third kappa shape index (κ3) is 3.26. The van der Waals surface area contributed by atoms with Crippen molar-refractivity contribution in [3.63, 3.8) is 0 Å². The van der Waals surface area contributed by atoms with Gasteiger partial charge in [-0.05, 0) is 36.4 Å². The van der Waals surface area contributed by atoms with Crippen LogP contribution >= 0.6 is 11.6 Å². The number of nitrogens with one attached hydrogen (secondary N) is 2. The van der Waals surface area contributed by atoms with Crippen molar-refractivity contribution in [2.24, 2.45) is 0 Å². The summed E-state index contributed by atoms with van der Waals surface area (Å²) in [6.45, 7) is 0. The molecule has 0 saturated carbocycles. The average Bonchev–Trinajstić information content (AvgIpc) is 3.20. The molecule has 4 aromatic rings. The molecule has 1 atom stereocenters. The third-order valence-electron chi connectivity index (χ3n) is 4.94. The summed E-state index contributed by atoms with van der Waals surface area (Å²) in [7, 11) is 0. The maximum atomic E-state index is 12.6. The van der Waals surface area contributed by atoms with Gasteiger partial charge in [-0.1, -0.05) is 54.1 Å². The first-order valence-electron chi connectivity index (χ1n) is 9.26. The van der Waals surface area contributed by atoms with Crippen LogP contribution in [0.15, 0.2) is 85.1 Å². The van der Waals surface area contributed by atoms with E-state index < -0.39 is 6.17 Å². The second-order valence-corrected chi connectivity index (χ2v) is 7.25. The first-order chi connectivity index (χ1) is 14.2. The minimum atomic E-state index is -0.402. The van der Waals surface area contributed by atoms with Gasteiger partial charge in [-0.3, -0.25) is 4.79 Å². The molecule has 0 saturated heterocycles. The number of hydrogen-bond acceptors (Lipinski definition) is 3. The molecule has 1 aromatic heterocycles. The average molecular weight is 401 g/mol. The van der Waals surface area contributed by atoms with Gasteiger partial charge in [0.2, 0.25) is 0 Å². The Morgan fingerprint density at radius 3 is 2.38 bits per heavy atom. The largest absolute Gasteiger partial charge is 0.361 e. The zero-order valence-electron chi connectivity index (χ0n) is 15.3. The van der Waals surface area contributed by atoms with Crippen LogP contribution in [-0.4, -0.2) is 15.7 Å². The Kier molecular flexibility index (Phi) is 4.30. The van der Waals surface area contributed by atoms with Gasteiger partial charge in [0.1, 0.15) is 6.17 Å². The fourth-order valence-electron chi connectivity index (χ4n) is 3.51. The second kappa shape index (κ2) is 7.11. The van der Waals surface area contributed by atoms with E-state index in [-0.39, 0.29) is 5.91 Å². The van der Waals surface area contributed by atoms with Crippen LogP contribution < -0.4 is 10.6 Å². The molecule has 0 unspecified atom stereocenters. The zero-order valence-corrected chi connectivity index (χ0v) is 16.1. The minimum Gasteiger partial charge on any atom is -0.361 e. The van der Waals surface area contributed by atoms with Crippen molar-refractivity contribution >= 4 is 23.2 Å². The smallest absolute Gasteiger partial charge is 0.255 e. The predicted octanol–water partition coefficient (Wildman–Crippen LogP) is 5.05. The number of carbonyl (C=O) groups is 1. The summed E-state index contributed by atoms with van der Waals surface area (Å²) in [5.41, 5.74) is 4.95. The molecule has 2 heterocycles. The van der Waals surface area contributed by atoms with E-state index in [9.17, 15) is 4.79 Å². The van der Waals surface area contributed by atoms with E-state index in [1.165, 1.54) is 0 Å². The molecule has 1 aliphatic rings. The number of benzene rings is 3. The van der Waals surface area contributed by atoms with E-state index in [1.54, 1.807) is 6.07 Å². The molecular formula is C23H17ClN4O. The number of para-hydroxylation sites is 2. The number of halogens is 1. The molecule has 0 fully saturated rings. The molecule has 142 valence electrons. The maximum Gasteiger partial charge on any atom is 0.255 e. The summed E-state index contributed by atoms with van der Waals surface area (Å²) in [6, 6.07) is 24.9. The van der Waals surface area contributed by atoms with Crippen LogP contribution in [0.4, 0.5) is 5.69 Å². The third-order valence-corrected chi connectivity index (χ3v) is 5.19. The Bertz CT molecular complexity index is 1190. The Labute approximate surface area is 172 Å². The summed E-state index contributed by atoms with van der Waals surface area (Å²) in [5.74, 6) is -0.112. The van der Waals surface area contributed by atoms with Crippen molar-refractivity contribution in [3.8, 4) is 16.9 Å². The SMILES string of the molecule is O=C1N[C@H](c2cn(-c3ccccc3)nc2-c2ccc(Cl)cc2)Nc2ccccc21. The lowest BCUT2D eigenvalue weighted by Crippen LogP contribution is -2.38. The van der Waals surface area contributed by atoms with Gasteiger partial charge in [-0.2, -0.15) is 5.10 Å². The lowest BCUT2D eigenvalue weighted by molar-refractivity contribution is 0.0936. The zero-order chi connectivity index (χ0) is 19.8. The number of aromatic nitrogens is 2. The van der Waals surface area contributed by atoms with E-state index >= 15 is 0 Å². The molecule has 5 nitrogen and oxygen atoms in total. The van der Waals surface area contributed by atoms with Gasteiger partial charge in [-0.15, -0.1) is 0 Å². The van der Waals surface area contributed by atoms with E-state index in [1.807, 2.05) is 83.7 Å². The Balaban J connectivity index is 1.62. The molecule has 2 N–H and O–H groups in total. The quantitative estimate of drug-likeness (QED) is 0.506. The lowest BCUT2D eigenvalue weighted by atomic mass is 10.0. The van der Waals surface area contributed by atoms with E-state index in [2.05, 4.69) is 10.6 Å². The number of amides is 1. The number of anilines is 1. The summed E-state index contributed by atoms with van der Waals surface area (Å²) in [4.78, 5) is 12.6. The summed E-state index contributed by atoms with van der Waals surface area (Å²) in [6.07, 6.45) is 1.55. The fourth-order valence-corrected chi connectivity index (χ4v) is 3.63. The van der Waals surface area contributed by atoms with Crippen molar-refractivity contribution in [1.29, 1.82) is 0 Å². The van der Waals surface area contributed by atoms with Gasteiger partial charge in [0.05, 0.1) is 16.9 Å². The number of fused-ring (bicyclic) bond motifs is 1. The molecule has 6 heteroatoms. The number of nitrogens with zero attached hydrogens (tertiary/aromatic N) is 2. The van der Waals surface area contributed by atoms with Crippen molar-refractivity contribution in [3.05, 3.63) is 101 Å². The molecule has 1 amide bonds. The molecule has 5 rings (SSSR count). The van der Waals surface area contributed by atoms with Crippen molar-refractivity contribution in [1.82, 2.24) is 15.1 Å². The highest BCUT2D eigenvalue weighted by Crippen LogP contribution is 2.33. The summed E-state index contributed by atoms with van der Waals surface area (Å²) in [5, 5.41) is 11.9. The maximum absolute atomic E-state index is 12.6. The van der Waals surface area contributed by atoms with Gasteiger partial charge >= 0.3 is 0 Å². The number of hydrogen-bond donors (Lipinski definition) is 2. The first-order valence-corrected chi connectivity index (χ1v) is 9.64. The van der Waals surface area contributed by atoms with Crippen LogP contribution in [-0.2, 0) is 0 Å². The predicted molar refractivity (Wildman–Crippen MR) is 114 cm³/mol. The highest BCUT2D eigenvalue weighted by molar-refractivity contribution is 6.30. The van der Waals surface area contributed by atoms with Crippen LogP contribution in [0.3, 0.4) is 0 Å². The summed E-state index contributed by atoms with van der Waals surface area (Å²) < 4.78 is 1.83.